The van der Waals surface area contributed by atoms with Crippen molar-refractivity contribution in [1.29, 1.82) is 0 Å². The molecule has 6 heteroatoms. The molecule has 0 bridgehead atoms. The third-order valence-electron chi connectivity index (χ3n) is 1.83. The van der Waals surface area contributed by atoms with Crippen LogP contribution in [0.1, 0.15) is 0 Å². The molecule has 0 aliphatic carbocycles. The molecule has 3 nitrogen and oxygen atoms in total. The van der Waals surface area contributed by atoms with Crippen LogP contribution in [0, 0.1) is 5.82 Å². The number of halogens is 2. The van der Waals surface area contributed by atoms with Crippen molar-refractivity contribution < 1.29 is 4.39 Å². The van der Waals surface area contributed by atoms with Crippen LogP contribution in [0.3, 0.4) is 0 Å². The zero-order chi connectivity index (χ0) is 11.5. The van der Waals surface area contributed by atoms with Crippen molar-refractivity contribution in [2.45, 2.75) is 9.92 Å². The van der Waals surface area contributed by atoms with E-state index in [0.717, 1.165) is 4.90 Å². The second kappa shape index (κ2) is 4.67. The second-order valence-corrected chi connectivity index (χ2v) is 4.36. The van der Waals surface area contributed by atoms with Gasteiger partial charge >= 0.3 is 0 Å². The van der Waals surface area contributed by atoms with Crippen molar-refractivity contribution in [1.82, 2.24) is 9.97 Å². The van der Waals surface area contributed by atoms with Crippen LogP contribution in [-0.2, 0) is 0 Å². The number of hydrogen-bond acceptors (Lipinski definition) is 4. The summed E-state index contributed by atoms with van der Waals surface area (Å²) >= 11 is 7.07. The first kappa shape index (κ1) is 11.2. The highest BCUT2D eigenvalue weighted by atomic mass is 35.5. The molecular weight excluding hydrogens is 249 g/mol. The number of nitrogen functional groups attached to an aromatic ring is 1. The molecule has 1 heterocycles. The molecule has 2 rings (SSSR count). The van der Waals surface area contributed by atoms with Gasteiger partial charge in [-0.3, -0.25) is 0 Å². The van der Waals surface area contributed by atoms with Crippen LogP contribution in [0.5, 0.6) is 0 Å². The average molecular weight is 256 g/mol. The van der Waals surface area contributed by atoms with Gasteiger partial charge in [0, 0.05) is 4.90 Å². The minimum Gasteiger partial charge on any atom is -0.394 e. The fourth-order valence-electron chi connectivity index (χ4n) is 1.05. The number of rotatable bonds is 2. The van der Waals surface area contributed by atoms with E-state index >= 15 is 0 Å². The summed E-state index contributed by atoms with van der Waals surface area (Å²) in [5, 5.41) is 0.784. The Kier molecular flexibility index (Phi) is 3.26. The van der Waals surface area contributed by atoms with Crippen molar-refractivity contribution in [3.8, 4) is 0 Å². The molecule has 0 spiro atoms. The van der Waals surface area contributed by atoms with Crippen LogP contribution >= 0.6 is 23.4 Å². The highest BCUT2D eigenvalue weighted by Crippen LogP contribution is 2.32. The molecule has 2 N–H and O–H groups in total. The standard InChI is InChI=1S/C10H7ClFN3S/c11-9-8(13)10(15-5-14-9)16-7-3-1-6(12)2-4-7/h1-5H,13H2. The van der Waals surface area contributed by atoms with Gasteiger partial charge in [0.15, 0.2) is 5.15 Å². The lowest BCUT2D eigenvalue weighted by Gasteiger charge is -2.04. The molecule has 82 valence electrons. The maximum Gasteiger partial charge on any atom is 0.156 e. The van der Waals surface area contributed by atoms with E-state index in [2.05, 4.69) is 9.97 Å². The van der Waals surface area contributed by atoms with Crippen molar-refractivity contribution in [2.75, 3.05) is 5.73 Å². The van der Waals surface area contributed by atoms with Crippen molar-refractivity contribution in [2.24, 2.45) is 0 Å². The minimum absolute atomic E-state index is 0.222. The van der Waals surface area contributed by atoms with Crippen LogP contribution in [0.25, 0.3) is 0 Å². The van der Waals surface area contributed by atoms with Crippen LogP contribution in [0.2, 0.25) is 5.15 Å². The third kappa shape index (κ3) is 2.43. The number of benzene rings is 1. The average Bonchev–Trinajstić information content (AvgIpc) is 2.28. The molecule has 1 aromatic heterocycles. The normalized spacial score (nSPS) is 10.4. The molecule has 0 amide bonds. The summed E-state index contributed by atoms with van der Waals surface area (Å²) < 4.78 is 12.7. The van der Waals surface area contributed by atoms with Crippen LogP contribution in [0.4, 0.5) is 10.1 Å². The van der Waals surface area contributed by atoms with Gasteiger partial charge in [-0.2, -0.15) is 0 Å². The first-order valence-electron chi connectivity index (χ1n) is 4.36. The summed E-state index contributed by atoms with van der Waals surface area (Å²) in [6.45, 7) is 0. The Bertz CT molecular complexity index is 504. The van der Waals surface area contributed by atoms with Crippen molar-refractivity contribution >= 4 is 29.1 Å². The van der Waals surface area contributed by atoms with Crippen molar-refractivity contribution in [3.05, 3.63) is 41.6 Å². The molecule has 16 heavy (non-hydrogen) atoms. The number of nitrogens with zero attached hydrogens (tertiary/aromatic N) is 2. The molecule has 0 unspecified atom stereocenters. The van der Waals surface area contributed by atoms with Crippen molar-refractivity contribution in [3.63, 3.8) is 0 Å². The van der Waals surface area contributed by atoms with E-state index in [1.165, 1.54) is 30.2 Å². The van der Waals surface area contributed by atoms with E-state index in [-0.39, 0.29) is 11.0 Å². The SMILES string of the molecule is Nc1c(Cl)ncnc1Sc1ccc(F)cc1. The van der Waals surface area contributed by atoms with Crippen LogP contribution in [-0.4, -0.2) is 9.97 Å². The van der Waals surface area contributed by atoms with E-state index in [9.17, 15) is 4.39 Å². The van der Waals surface area contributed by atoms with Gasteiger partial charge in [0.25, 0.3) is 0 Å². The molecule has 0 fully saturated rings. The Morgan fingerprint density at radius 3 is 2.56 bits per heavy atom. The quantitative estimate of drug-likeness (QED) is 0.838. The summed E-state index contributed by atoms with van der Waals surface area (Å²) in [5.74, 6) is -0.280. The lowest BCUT2D eigenvalue weighted by atomic mass is 10.4. The Morgan fingerprint density at radius 2 is 1.88 bits per heavy atom. The maximum absolute atomic E-state index is 12.7. The zero-order valence-corrected chi connectivity index (χ0v) is 9.60. The van der Waals surface area contributed by atoms with E-state index in [1.54, 1.807) is 12.1 Å². The van der Waals surface area contributed by atoms with Gasteiger partial charge in [0.05, 0.1) is 0 Å². The largest absolute Gasteiger partial charge is 0.394 e. The molecule has 0 saturated carbocycles. The fraction of sp³-hybridized carbons (Fsp3) is 0. The molecule has 0 saturated heterocycles. The van der Waals surface area contributed by atoms with Crippen LogP contribution < -0.4 is 5.73 Å². The van der Waals surface area contributed by atoms with Gasteiger partial charge < -0.3 is 5.73 Å². The van der Waals surface area contributed by atoms with Gasteiger partial charge in [-0.1, -0.05) is 23.4 Å². The molecular formula is C10H7ClFN3S. The Hall–Kier alpha value is -1.33. The Morgan fingerprint density at radius 1 is 1.19 bits per heavy atom. The fourth-order valence-corrected chi connectivity index (χ4v) is 2.05. The zero-order valence-electron chi connectivity index (χ0n) is 8.02. The van der Waals surface area contributed by atoms with Gasteiger partial charge in [0.2, 0.25) is 0 Å². The summed E-state index contributed by atoms with van der Waals surface area (Å²) in [4.78, 5) is 8.59. The van der Waals surface area contributed by atoms with Gasteiger partial charge in [0.1, 0.15) is 22.9 Å². The Balaban J connectivity index is 2.27. The first-order chi connectivity index (χ1) is 7.66. The number of aromatic nitrogens is 2. The minimum atomic E-state index is -0.280. The number of nitrogens with two attached hydrogens (primary N) is 1. The topological polar surface area (TPSA) is 51.8 Å². The predicted octanol–water partition coefficient (Wildman–Crippen LogP) is 3.00. The maximum atomic E-state index is 12.7. The van der Waals surface area contributed by atoms with E-state index in [1.807, 2.05) is 0 Å². The lowest BCUT2D eigenvalue weighted by Crippen LogP contribution is -1.94. The smallest absolute Gasteiger partial charge is 0.156 e. The summed E-state index contributed by atoms with van der Waals surface area (Å²) in [5.41, 5.74) is 6.04. The van der Waals surface area contributed by atoms with Gasteiger partial charge in [-0.05, 0) is 24.3 Å². The summed E-state index contributed by atoms with van der Waals surface area (Å²) in [6, 6.07) is 6.05. The number of hydrogen-bond donors (Lipinski definition) is 1. The molecule has 2 aromatic rings. The Labute approximate surface area is 101 Å². The predicted molar refractivity (Wildman–Crippen MR) is 62.0 cm³/mol. The van der Waals surface area contributed by atoms with Crippen LogP contribution in [0.15, 0.2) is 40.5 Å². The van der Waals surface area contributed by atoms with Gasteiger partial charge in [-0.25, -0.2) is 14.4 Å². The number of anilines is 1. The lowest BCUT2D eigenvalue weighted by molar-refractivity contribution is 0.626. The molecule has 0 radical (unpaired) electrons. The molecule has 0 aliphatic heterocycles. The van der Waals surface area contributed by atoms with E-state index < -0.39 is 0 Å². The summed E-state index contributed by atoms with van der Waals surface area (Å²) in [7, 11) is 0. The first-order valence-corrected chi connectivity index (χ1v) is 5.55. The highest BCUT2D eigenvalue weighted by Gasteiger charge is 2.07. The third-order valence-corrected chi connectivity index (χ3v) is 3.15. The molecule has 1 aromatic carbocycles. The van der Waals surface area contributed by atoms with E-state index in [0.29, 0.717) is 10.7 Å². The second-order valence-electron chi connectivity index (χ2n) is 2.94. The highest BCUT2D eigenvalue weighted by molar-refractivity contribution is 7.99. The molecule has 0 atom stereocenters. The monoisotopic (exact) mass is 255 g/mol. The molecule has 0 aliphatic rings. The van der Waals surface area contributed by atoms with E-state index in [4.69, 9.17) is 17.3 Å². The van der Waals surface area contributed by atoms with Gasteiger partial charge in [-0.15, -0.1) is 0 Å². The summed E-state index contributed by atoms with van der Waals surface area (Å²) in [6.07, 6.45) is 1.34.